The fraction of sp³-hybridized carbons (Fsp3) is 0.333. The van der Waals surface area contributed by atoms with E-state index < -0.39 is 18.2 Å². The number of carboxylic acid groups (broad SMARTS) is 1. The Labute approximate surface area is 115 Å². The zero-order valence-electron chi connectivity index (χ0n) is 11.1. The van der Waals surface area contributed by atoms with Crippen molar-refractivity contribution in [3.8, 4) is 0 Å². The predicted octanol–water partition coefficient (Wildman–Crippen LogP) is 2.38. The van der Waals surface area contributed by atoms with Crippen LogP contribution in [-0.4, -0.2) is 41.1 Å². The highest BCUT2D eigenvalue weighted by atomic mass is 16.6. The maximum Gasteiger partial charge on any atom is 0.449 e. The number of rotatable bonds is 1. The van der Waals surface area contributed by atoms with Crippen LogP contribution < -0.4 is 0 Å². The number of benzene rings is 1. The SMILES string of the molecule is COC(=O)N1CC(c2ccc(C)cc2)N=NN1C(=O)O. The van der Waals surface area contributed by atoms with E-state index in [1.54, 1.807) is 0 Å². The molecule has 20 heavy (non-hydrogen) atoms. The number of hydrogen-bond donors (Lipinski definition) is 1. The molecule has 0 fully saturated rings. The number of carbonyl (C=O) groups excluding carboxylic acids is 1. The normalized spacial score (nSPS) is 18.0. The molecule has 8 nitrogen and oxygen atoms in total. The first-order chi connectivity index (χ1) is 9.52. The van der Waals surface area contributed by atoms with Gasteiger partial charge < -0.3 is 9.84 Å². The van der Waals surface area contributed by atoms with Crippen LogP contribution >= 0.6 is 0 Å². The molecule has 1 aromatic rings. The smallest absolute Gasteiger partial charge is 0.449 e. The van der Waals surface area contributed by atoms with Gasteiger partial charge in [0.1, 0.15) is 6.04 Å². The number of ether oxygens (including phenoxy) is 1. The van der Waals surface area contributed by atoms with E-state index in [2.05, 4.69) is 15.1 Å². The Kier molecular flexibility index (Phi) is 3.83. The van der Waals surface area contributed by atoms with Gasteiger partial charge in [-0.2, -0.15) is 10.1 Å². The zero-order chi connectivity index (χ0) is 14.7. The molecule has 0 bridgehead atoms. The molecule has 1 atom stereocenters. The number of nitrogens with zero attached hydrogens (tertiary/aromatic N) is 4. The van der Waals surface area contributed by atoms with Crippen LogP contribution in [0.4, 0.5) is 9.59 Å². The van der Waals surface area contributed by atoms with E-state index in [0.717, 1.165) is 16.1 Å². The summed E-state index contributed by atoms with van der Waals surface area (Å²) < 4.78 is 4.55. The van der Waals surface area contributed by atoms with Crippen LogP contribution in [0.3, 0.4) is 0 Å². The molecule has 2 rings (SSSR count). The van der Waals surface area contributed by atoms with Gasteiger partial charge in [-0.05, 0) is 17.7 Å². The van der Waals surface area contributed by atoms with Crippen LogP contribution in [0.1, 0.15) is 17.2 Å². The summed E-state index contributed by atoms with van der Waals surface area (Å²) in [5.41, 5.74) is 1.94. The number of hydrogen-bond acceptors (Lipinski definition) is 5. The van der Waals surface area contributed by atoms with Gasteiger partial charge in [0.15, 0.2) is 0 Å². The minimum Gasteiger partial charge on any atom is -0.462 e. The monoisotopic (exact) mass is 278 g/mol. The molecule has 1 unspecified atom stereocenters. The highest BCUT2D eigenvalue weighted by Crippen LogP contribution is 2.25. The van der Waals surface area contributed by atoms with Gasteiger partial charge in [0.05, 0.1) is 13.7 Å². The third kappa shape index (κ3) is 2.68. The Morgan fingerprint density at radius 2 is 2.00 bits per heavy atom. The Bertz CT molecular complexity index is 543. The van der Waals surface area contributed by atoms with Crippen molar-refractivity contribution in [2.75, 3.05) is 13.7 Å². The molecule has 0 aliphatic carbocycles. The first-order valence-electron chi connectivity index (χ1n) is 5.88. The lowest BCUT2D eigenvalue weighted by Crippen LogP contribution is -2.49. The minimum absolute atomic E-state index is 0.0472. The topological polar surface area (TPSA) is 94.8 Å². The number of carbonyl (C=O) groups is 2. The first-order valence-corrected chi connectivity index (χ1v) is 5.88. The van der Waals surface area contributed by atoms with Crippen LogP contribution in [0.25, 0.3) is 0 Å². The summed E-state index contributed by atoms with van der Waals surface area (Å²) in [5.74, 6) is 0. The van der Waals surface area contributed by atoms with Crippen molar-refractivity contribution >= 4 is 12.2 Å². The van der Waals surface area contributed by atoms with Gasteiger partial charge in [0, 0.05) is 0 Å². The van der Waals surface area contributed by atoms with Crippen molar-refractivity contribution in [2.24, 2.45) is 10.3 Å². The summed E-state index contributed by atoms with van der Waals surface area (Å²) in [6.07, 6.45) is -2.20. The Morgan fingerprint density at radius 3 is 2.55 bits per heavy atom. The van der Waals surface area contributed by atoms with Gasteiger partial charge in [0.25, 0.3) is 0 Å². The second-order valence-corrected chi connectivity index (χ2v) is 4.26. The van der Waals surface area contributed by atoms with E-state index in [1.807, 2.05) is 31.2 Å². The Balaban J connectivity index is 2.26. The molecular weight excluding hydrogens is 264 g/mol. The van der Waals surface area contributed by atoms with E-state index in [4.69, 9.17) is 5.11 Å². The van der Waals surface area contributed by atoms with E-state index >= 15 is 0 Å². The van der Waals surface area contributed by atoms with E-state index in [-0.39, 0.29) is 6.54 Å². The van der Waals surface area contributed by atoms with Crippen LogP contribution in [0.5, 0.6) is 0 Å². The average molecular weight is 278 g/mol. The highest BCUT2D eigenvalue weighted by molar-refractivity contribution is 5.72. The predicted molar refractivity (Wildman–Crippen MR) is 67.8 cm³/mol. The summed E-state index contributed by atoms with van der Waals surface area (Å²) in [6, 6.07) is 7.13. The molecule has 1 heterocycles. The third-order valence-corrected chi connectivity index (χ3v) is 2.87. The molecule has 0 radical (unpaired) electrons. The molecule has 106 valence electrons. The first kappa shape index (κ1) is 13.8. The van der Waals surface area contributed by atoms with E-state index in [0.29, 0.717) is 5.12 Å². The molecule has 8 heteroatoms. The summed E-state index contributed by atoms with van der Waals surface area (Å²) in [6.45, 7) is 2.00. The number of methoxy groups -OCH3 is 1. The lowest BCUT2D eigenvalue weighted by atomic mass is 10.1. The summed E-state index contributed by atoms with van der Waals surface area (Å²) in [4.78, 5) is 22.6. The van der Waals surface area contributed by atoms with Gasteiger partial charge in [-0.15, -0.1) is 0 Å². The molecule has 1 aromatic carbocycles. The van der Waals surface area contributed by atoms with Gasteiger partial charge in [0.2, 0.25) is 0 Å². The van der Waals surface area contributed by atoms with Gasteiger partial charge in [-0.25, -0.2) is 9.59 Å². The maximum absolute atomic E-state index is 11.6. The fourth-order valence-corrected chi connectivity index (χ4v) is 1.80. The lowest BCUT2D eigenvalue weighted by Gasteiger charge is -2.31. The van der Waals surface area contributed by atoms with Crippen molar-refractivity contribution in [1.82, 2.24) is 10.1 Å². The van der Waals surface area contributed by atoms with E-state index in [1.165, 1.54) is 7.11 Å². The van der Waals surface area contributed by atoms with Crippen LogP contribution in [0.2, 0.25) is 0 Å². The molecule has 0 aromatic heterocycles. The molecule has 0 saturated carbocycles. The summed E-state index contributed by atoms with van der Waals surface area (Å²) in [7, 11) is 1.18. The van der Waals surface area contributed by atoms with Gasteiger partial charge >= 0.3 is 12.2 Å². The zero-order valence-corrected chi connectivity index (χ0v) is 11.1. The number of aryl methyl sites for hydroxylation is 1. The van der Waals surface area contributed by atoms with E-state index in [9.17, 15) is 9.59 Å². The molecule has 1 N–H and O–H groups in total. The van der Waals surface area contributed by atoms with Crippen molar-refractivity contribution in [3.05, 3.63) is 35.4 Å². The second kappa shape index (κ2) is 5.55. The second-order valence-electron chi connectivity index (χ2n) is 4.26. The maximum atomic E-state index is 11.6. The van der Waals surface area contributed by atoms with Crippen LogP contribution in [0.15, 0.2) is 34.6 Å². The number of amides is 2. The molecule has 0 saturated heterocycles. The largest absolute Gasteiger partial charge is 0.462 e. The van der Waals surface area contributed by atoms with Crippen molar-refractivity contribution < 1.29 is 19.4 Å². The molecular formula is C12H14N4O4. The molecule has 2 amide bonds. The van der Waals surface area contributed by atoms with Crippen LogP contribution in [0, 0.1) is 6.92 Å². The van der Waals surface area contributed by atoms with Crippen LogP contribution in [-0.2, 0) is 4.74 Å². The Hall–Kier alpha value is -2.64. The van der Waals surface area contributed by atoms with Gasteiger partial charge in [-0.1, -0.05) is 34.9 Å². The highest BCUT2D eigenvalue weighted by Gasteiger charge is 2.33. The summed E-state index contributed by atoms with van der Waals surface area (Å²) in [5, 5.41) is 17.8. The van der Waals surface area contributed by atoms with Gasteiger partial charge in [-0.3, -0.25) is 0 Å². The molecule has 0 spiro atoms. The number of hydrazine groups is 1. The fourth-order valence-electron chi connectivity index (χ4n) is 1.80. The summed E-state index contributed by atoms with van der Waals surface area (Å²) >= 11 is 0. The molecule has 1 aliphatic rings. The Morgan fingerprint density at radius 1 is 1.35 bits per heavy atom. The van der Waals surface area contributed by atoms with Crippen molar-refractivity contribution in [1.29, 1.82) is 0 Å². The lowest BCUT2D eigenvalue weighted by molar-refractivity contribution is -0.0280. The standard InChI is InChI=1S/C12H14N4O4/c1-8-3-5-9(6-4-8)10-7-15(12(19)20-2)16(11(17)18)14-13-10/h3-6,10H,7H2,1-2H3,(H,17,18). The van der Waals surface area contributed by atoms with Crippen molar-refractivity contribution in [3.63, 3.8) is 0 Å². The minimum atomic E-state index is -1.40. The van der Waals surface area contributed by atoms with Crippen molar-refractivity contribution in [2.45, 2.75) is 13.0 Å². The average Bonchev–Trinajstić information content (AvgIpc) is 2.46. The molecule has 1 aliphatic heterocycles. The third-order valence-electron chi connectivity index (χ3n) is 2.87. The quantitative estimate of drug-likeness (QED) is 0.853.